The van der Waals surface area contributed by atoms with Crippen molar-refractivity contribution in [3.05, 3.63) is 69.9 Å². The first-order valence-corrected chi connectivity index (χ1v) is 7.19. The molecule has 7 heteroatoms. The van der Waals surface area contributed by atoms with E-state index in [0.29, 0.717) is 10.7 Å². The van der Waals surface area contributed by atoms with E-state index < -0.39 is 4.92 Å². The average Bonchev–Trinajstić information content (AvgIpc) is 2.89. The molecule has 3 aromatic rings. The van der Waals surface area contributed by atoms with Crippen molar-refractivity contribution in [1.29, 1.82) is 0 Å². The molecule has 0 saturated carbocycles. The third kappa shape index (κ3) is 3.32. The van der Waals surface area contributed by atoms with Gasteiger partial charge in [-0.3, -0.25) is 14.9 Å². The Labute approximate surface area is 136 Å². The molecule has 1 amide bonds. The number of rotatable bonds is 4. The summed E-state index contributed by atoms with van der Waals surface area (Å²) in [5.74, 6) is -0.266. The molecule has 116 valence electrons. The highest BCUT2D eigenvalue weighted by atomic mass is 35.5. The number of hydrogen-bond acceptors (Lipinski definition) is 3. The Hall–Kier alpha value is -2.86. The van der Waals surface area contributed by atoms with Crippen molar-refractivity contribution in [2.75, 3.05) is 5.32 Å². The van der Waals surface area contributed by atoms with E-state index in [9.17, 15) is 14.9 Å². The summed E-state index contributed by atoms with van der Waals surface area (Å²) < 4.78 is 1.79. The number of amides is 1. The third-order valence-corrected chi connectivity index (χ3v) is 3.62. The number of carbonyl (C=O) groups is 1. The summed E-state index contributed by atoms with van der Waals surface area (Å²) in [6, 6.07) is 13.1. The lowest BCUT2D eigenvalue weighted by atomic mass is 10.2. The SMILES string of the molecule is O=C(Cn1ccc2cc(Cl)ccc21)Nc1cccc([N+](=O)[O-])c1. The molecule has 2 aromatic carbocycles. The Morgan fingerprint density at radius 3 is 2.83 bits per heavy atom. The van der Waals surface area contributed by atoms with E-state index in [4.69, 9.17) is 11.6 Å². The van der Waals surface area contributed by atoms with Gasteiger partial charge in [0.1, 0.15) is 6.54 Å². The zero-order valence-electron chi connectivity index (χ0n) is 11.9. The highest BCUT2D eigenvalue weighted by molar-refractivity contribution is 6.31. The van der Waals surface area contributed by atoms with Gasteiger partial charge in [0.25, 0.3) is 5.69 Å². The fourth-order valence-corrected chi connectivity index (χ4v) is 2.54. The minimum absolute atomic E-state index is 0.0659. The summed E-state index contributed by atoms with van der Waals surface area (Å²) in [4.78, 5) is 22.4. The number of carbonyl (C=O) groups excluding carboxylic acids is 1. The summed E-state index contributed by atoms with van der Waals surface area (Å²) in [6.07, 6.45) is 1.80. The molecule has 0 aliphatic heterocycles. The predicted octanol–water partition coefficient (Wildman–Crippen LogP) is 3.84. The zero-order valence-corrected chi connectivity index (χ0v) is 12.7. The van der Waals surface area contributed by atoms with Crippen molar-refractivity contribution < 1.29 is 9.72 Å². The van der Waals surface area contributed by atoms with Gasteiger partial charge in [0.05, 0.1) is 4.92 Å². The maximum atomic E-state index is 12.1. The number of nitrogens with one attached hydrogen (secondary N) is 1. The minimum Gasteiger partial charge on any atom is -0.338 e. The molecule has 0 aliphatic rings. The Morgan fingerprint density at radius 2 is 2.04 bits per heavy atom. The highest BCUT2D eigenvalue weighted by Gasteiger charge is 2.10. The van der Waals surface area contributed by atoms with E-state index in [2.05, 4.69) is 5.32 Å². The number of non-ortho nitro benzene ring substituents is 1. The molecular formula is C16H12ClN3O3. The van der Waals surface area contributed by atoms with Gasteiger partial charge in [0, 0.05) is 39.9 Å². The lowest BCUT2D eigenvalue weighted by Crippen LogP contribution is -2.18. The number of benzene rings is 2. The Bertz CT molecular complexity index is 904. The van der Waals surface area contributed by atoms with Crippen LogP contribution >= 0.6 is 11.6 Å². The second kappa shape index (κ2) is 6.10. The number of nitro benzene ring substituents is 1. The van der Waals surface area contributed by atoms with Crippen molar-refractivity contribution >= 4 is 39.8 Å². The number of halogens is 1. The standard InChI is InChI=1S/C16H12ClN3O3/c17-12-4-5-15-11(8-12)6-7-19(15)10-16(21)18-13-2-1-3-14(9-13)20(22)23/h1-9H,10H2,(H,18,21). The molecule has 0 fully saturated rings. The second-order valence-electron chi connectivity index (χ2n) is 5.00. The summed E-state index contributed by atoms with van der Waals surface area (Å²) in [5.41, 5.74) is 1.22. The third-order valence-electron chi connectivity index (χ3n) is 3.39. The highest BCUT2D eigenvalue weighted by Crippen LogP contribution is 2.21. The molecule has 6 nitrogen and oxygen atoms in total. The lowest BCUT2D eigenvalue weighted by molar-refractivity contribution is -0.384. The fraction of sp³-hybridized carbons (Fsp3) is 0.0625. The first kappa shape index (κ1) is 15.1. The fourth-order valence-electron chi connectivity index (χ4n) is 2.36. The Kier molecular flexibility index (Phi) is 3.99. The van der Waals surface area contributed by atoms with Crippen LogP contribution in [0.2, 0.25) is 5.02 Å². The number of nitrogens with zero attached hydrogens (tertiary/aromatic N) is 2. The van der Waals surface area contributed by atoms with Crippen molar-refractivity contribution in [2.45, 2.75) is 6.54 Å². The molecule has 1 aromatic heterocycles. The predicted molar refractivity (Wildman–Crippen MR) is 88.7 cm³/mol. The van der Waals surface area contributed by atoms with Crippen LogP contribution in [0.25, 0.3) is 10.9 Å². The van der Waals surface area contributed by atoms with Gasteiger partial charge in [0.15, 0.2) is 0 Å². The van der Waals surface area contributed by atoms with Crippen molar-refractivity contribution in [2.24, 2.45) is 0 Å². The summed E-state index contributed by atoms with van der Waals surface area (Å²) in [7, 11) is 0. The molecule has 0 spiro atoms. The Morgan fingerprint density at radius 1 is 1.22 bits per heavy atom. The van der Waals surface area contributed by atoms with Gasteiger partial charge in [0.2, 0.25) is 5.91 Å². The van der Waals surface area contributed by atoms with Crippen LogP contribution in [0.3, 0.4) is 0 Å². The van der Waals surface area contributed by atoms with Crippen LogP contribution in [0.15, 0.2) is 54.7 Å². The second-order valence-corrected chi connectivity index (χ2v) is 5.44. The summed E-state index contributed by atoms with van der Waals surface area (Å²) >= 11 is 5.94. The quantitative estimate of drug-likeness (QED) is 0.583. The van der Waals surface area contributed by atoms with Gasteiger partial charge in [-0.2, -0.15) is 0 Å². The van der Waals surface area contributed by atoms with E-state index in [1.54, 1.807) is 22.9 Å². The van der Waals surface area contributed by atoms with Crippen LogP contribution in [0.5, 0.6) is 0 Å². The largest absolute Gasteiger partial charge is 0.338 e. The molecule has 1 heterocycles. The van der Waals surface area contributed by atoms with E-state index in [-0.39, 0.29) is 18.1 Å². The smallest absolute Gasteiger partial charge is 0.271 e. The molecule has 0 saturated heterocycles. The van der Waals surface area contributed by atoms with Crippen LogP contribution in [0.4, 0.5) is 11.4 Å². The number of aromatic nitrogens is 1. The maximum Gasteiger partial charge on any atom is 0.271 e. The van der Waals surface area contributed by atoms with Crippen molar-refractivity contribution in [3.8, 4) is 0 Å². The Balaban J connectivity index is 1.76. The van der Waals surface area contributed by atoms with Gasteiger partial charge in [-0.1, -0.05) is 17.7 Å². The van der Waals surface area contributed by atoms with E-state index in [1.807, 2.05) is 18.2 Å². The summed E-state index contributed by atoms with van der Waals surface area (Å²) in [5, 5.41) is 15.0. The molecule has 0 unspecified atom stereocenters. The van der Waals surface area contributed by atoms with E-state index in [0.717, 1.165) is 10.9 Å². The molecule has 1 N–H and O–H groups in total. The topological polar surface area (TPSA) is 77.2 Å². The maximum absolute atomic E-state index is 12.1. The molecule has 0 aliphatic carbocycles. The molecule has 3 rings (SSSR count). The van der Waals surface area contributed by atoms with Crippen LogP contribution < -0.4 is 5.32 Å². The molecule has 0 bridgehead atoms. The van der Waals surface area contributed by atoms with Crippen molar-refractivity contribution in [1.82, 2.24) is 4.57 Å². The molecule has 0 atom stereocenters. The lowest BCUT2D eigenvalue weighted by Gasteiger charge is -2.07. The van der Waals surface area contributed by atoms with Crippen LogP contribution in [0, 0.1) is 10.1 Å². The van der Waals surface area contributed by atoms with Gasteiger partial charge in [-0.15, -0.1) is 0 Å². The zero-order chi connectivity index (χ0) is 16.4. The van der Waals surface area contributed by atoms with E-state index in [1.165, 1.54) is 18.2 Å². The van der Waals surface area contributed by atoms with Crippen LogP contribution in [0.1, 0.15) is 0 Å². The average molecular weight is 330 g/mol. The van der Waals surface area contributed by atoms with Gasteiger partial charge >= 0.3 is 0 Å². The van der Waals surface area contributed by atoms with Crippen LogP contribution in [-0.4, -0.2) is 15.4 Å². The molecular weight excluding hydrogens is 318 g/mol. The normalized spacial score (nSPS) is 10.7. The van der Waals surface area contributed by atoms with Gasteiger partial charge in [-0.25, -0.2) is 0 Å². The summed E-state index contributed by atoms with van der Waals surface area (Å²) in [6.45, 7) is 0.105. The first-order chi connectivity index (χ1) is 11.0. The first-order valence-electron chi connectivity index (χ1n) is 6.81. The number of fused-ring (bicyclic) bond motifs is 1. The number of hydrogen-bond donors (Lipinski definition) is 1. The monoisotopic (exact) mass is 329 g/mol. The van der Waals surface area contributed by atoms with Gasteiger partial charge in [-0.05, 0) is 30.3 Å². The molecule has 0 radical (unpaired) electrons. The van der Waals surface area contributed by atoms with Gasteiger partial charge < -0.3 is 9.88 Å². The van der Waals surface area contributed by atoms with E-state index >= 15 is 0 Å². The minimum atomic E-state index is -0.501. The number of nitro groups is 1. The van der Waals surface area contributed by atoms with Crippen molar-refractivity contribution in [3.63, 3.8) is 0 Å². The molecule has 23 heavy (non-hydrogen) atoms. The van der Waals surface area contributed by atoms with Crippen LogP contribution in [-0.2, 0) is 11.3 Å². The number of anilines is 1.